The summed E-state index contributed by atoms with van der Waals surface area (Å²) in [6.07, 6.45) is 6.32. The lowest BCUT2D eigenvalue weighted by molar-refractivity contribution is -0.128. The van der Waals surface area contributed by atoms with Crippen LogP contribution in [0, 0.1) is 17.8 Å². The summed E-state index contributed by atoms with van der Waals surface area (Å²) in [5.74, 6) is 4.38. The van der Waals surface area contributed by atoms with Gasteiger partial charge < -0.3 is 0 Å². The molecule has 80 valence electrons. The molecule has 0 aromatic carbocycles. The first-order valence-corrected chi connectivity index (χ1v) is 7.10. The maximum absolute atomic E-state index is 12.1. The molecule has 1 aliphatic heterocycles. The highest BCUT2D eigenvalue weighted by molar-refractivity contribution is 8.00. The van der Waals surface area contributed by atoms with Gasteiger partial charge in [-0.05, 0) is 18.8 Å². The first kappa shape index (κ1) is 10.5. The number of hydrogen-bond acceptors (Lipinski definition) is 2. The van der Waals surface area contributed by atoms with Gasteiger partial charge in [-0.2, -0.15) is 11.8 Å². The Hall–Kier alpha value is 0.0200. The maximum Gasteiger partial charge on any atom is 0.140 e. The van der Waals surface area contributed by atoms with Gasteiger partial charge >= 0.3 is 0 Å². The van der Waals surface area contributed by atoms with Gasteiger partial charge in [0.15, 0.2) is 0 Å². The van der Waals surface area contributed by atoms with Gasteiger partial charge in [-0.1, -0.05) is 26.2 Å². The largest absolute Gasteiger partial charge is 0.299 e. The standard InChI is InChI=1S/C12H20OS/c1-2-9-5-3-4-6-11(9)12(13)10-7-14-8-10/h9-11H,2-8H2,1H3. The topological polar surface area (TPSA) is 17.1 Å². The quantitative estimate of drug-likeness (QED) is 0.715. The fourth-order valence-electron chi connectivity index (χ4n) is 2.77. The number of ketones is 1. The number of carbonyl (C=O) groups excluding carboxylic acids is 1. The molecule has 2 fully saturated rings. The molecule has 2 aliphatic rings. The van der Waals surface area contributed by atoms with Gasteiger partial charge in [0.05, 0.1) is 0 Å². The average molecular weight is 212 g/mol. The first-order valence-electron chi connectivity index (χ1n) is 5.94. The second-order valence-corrected chi connectivity index (χ2v) is 5.77. The van der Waals surface area contributed by atoms with Crippen LogP contribution in [0.15, 0.2) is 0 Å². The minimum Gasteiger partial charge on any atom is -0.299 e. The Bertz CT molecular complexity index is 210. The van der Waals surface area contributed by atoms with Crippen molar-refractivity contribution in [1.82, 2.24) is 0 Å². The summed E-state index contributed by atoms with van der Waals surface area (Å²) in [6.45, 7) is 2.24. The normalized spacial score (nSPS) is 33.8. The molecule has 1 nitrogen and oxygen atoms in total. The van der Waals surface area contributed by atoms with E-state index in [0.717, 1.165) is 11.5 Å². The van der Waals surface area contributed by atoms with Crippen molar-refractivity contribution in [2.24, 2.45) is 17.8 Å². The average Bonchev–Trinajstić information content (AvgIpc) is 2.15. The third kappa shape index (κ3) is 2.00. The Morgan fingerprint density at radius 1 is 1.29 bits per heavy atom. The Balaban J connectivity index is 1.95. The Labute approximate surface area is 91.0 Å². The van der Waals surface area contributed by atoms with Crippen molar-refractivity contribution in [3.8, 4) is 0 Å². The van der Waals surface area contributed by atoms with Gasteiger partial charge in [0.25, 0.3) is 0 Å². The van der Waals surface area contributed by atoms with E-state index < -0.39 is 0 Å². The van der Waals surface area contributed by atoms with Crippen molar-refractivity contribution in [2.75, 3.05) is 11.5 Å². The van der Waals surface area contributed by atoms with Gasteiger partial charge in [0, 0.05) is 23.3 Å². The van der Waals surface area contributed by atoms with E-state index in [-0.39, 0.29) is 0 Å². The van der Waals surface area contributed by atoms with Gasteiger partial charge in [-0.3, -0.25) is 4.79 Å². The number of Topliss-reactive ketones (excluding diaryl/α,β-unsaturated/α-hetero) is 1. The SMILES string of the molecule is CCC1CCCCC1C(=O)C1CSC1. The second-order valence-electron chi connectivity index (χ2n) is 4.70. The fourth-order valence-corrected chi connectivity index (χ4v) is 3.57. The molecule has 2 heteroatoms. The number of hydrogen-bond donors (Lipinski definition) is 0. The van der Waals surface area contributed by atoms with Crippen LogP contribution in [-0.2, 0) is 4.79 Å². The van der Waals surface area contributed by atoms with E-state index in [1.807, 2.05) is 11.8 Å². The van der Waals surface area contributed by atoms with Crippen LogP contribution in [0.1, 0.15) is 39.0 Å². The van der Waals surface area contributed by atoms with Crippen LogP contribution in [0.4, 0.5) is 0 Å². The summed E-state index contributed by atoms with van der Waals surface area (Å²) in [5.41, 5.74) is 0. The van der Waals surface area contributed by atoms with E-state index in [1.165, 1.54) is 32.1 Å². The molecule has 1 aliphatic carbocycles. The molecule has 0 radical (unpaired) electrons. The zero-order chi connectivity index (χ0) is 9.97. The summed E-state index contributed by atoms with van der Waals surface area (Å²) < 4.78 is 0. The molecule has 1 saturated carbocycles. The molecule has 1 saturated heterocycles. The lowest BCUT2D eigenvalue weighted by Crippen LogP contribution is -2.37. The van der Waals surface area contributed by atoms with Crippen LogP contribution in [0.25, 0.3) is 0 Å². The molecule has 0 N–H and O–H groups in total. The molecule has 0 aromatic rings. The van der Waals surface area contributed by atoms with Crippen molar-refractivity contribution < 1.29 is 4.79 Å². The van der Waals surface area contributed by atoms with Gasteiger partial charge in [0.1, 0.15) is 5.78 Å². The zero-order valence-corrected chi connectivity index (χ0v) is 9.81. The molecular formula is C12H20OS. The molecule has 14 heavy (non-hydrogen) atoms. The van der Waals surface area contributed by atoms with Crippen LogP contribution < -0.4 is 0 Å². The summed E-state index contributed by atoms with van der Waals surface area (Å²) >= 11 is 1.93. The van der Waals surface area contributed by atoms with E-state index in [1.54, 1.807) is 0 Å². The molecule has 0 aromatic heterocycles. The first-order chi connectivity index (χ1) is 6.83. The van der Waals surface area contributed by atoms with E-state index >= 15 is 0 Å². The van der Waals surface area contributed by atoms with Crippen molar-refractivity contribution in [2.45, 2.75) is 39.0 Å². The van der Waals surface area contributed by atoms with E-state index in [2.05, 4.69) is 6.92 Å². The lowest BCUT2D eigenvalue weighted by atomic mass is 9.73. The molecule has 1 heterocycles. The predicted molar refractivity (Wildman–Crippen MR) is 61.6 cm³/mol. The second kappa shape index (κ2) is 4.69. The molecular weight excluding hydrogens is 192 g/mol. The summed E-state index contributed by atoms with van der Waals surface area (Å²) in [4.78, 5) is 12.1. The van der Waals surface area contributed by atoms with Crippen LogP contribution >= 0.6 is 11.8 Å². The summed E-state index contributed by atoms with van der Waals surface area (Å²) in [5, 5.41) is 0. The minimum absolute atomic E-state index is 0.428. The summed E-state index contributed by atoms with van der Waals surface area (Å²) in [6, 6.07) is 0. The van der Waals surface area contributed by atoms with Crippen molar-refractivity contribution >= 4 is 17.5 Å². The van der Waals surface area contributed by atoms with Crippen LogP contribution in [0.3, 0.4) is 0 Å². The van der Waals surface area contributed by atoms with E-state index in [4.69, 9.17) is 0 Å². The highest BCUT2D eigenvalue weighted by atomic mass is 32.2. The molecule has 2 atom stereocenters. The summed E-state index contributed by atoms with van der Waals surface area (Å²) in [7, 11) is 0. The highest BCUT2D eigenvalue weighted by Gasteiger charge is 2.36. The fraction of sp³-hybridized carbons (Fsp3) is 0.917. The van der Waals surface area contributed by atoms with Gasteiger partial charge in [-0.15, -0.1) is 0 Å². The monoisotopic (exact) mass is 212 g/mol. The Morgan fingerprint density at radius 3 is 2.57 bits per heavy atom. The van der Waals surface area contributed by atoms with E-state index in [0.29, 0.717) is 23.5 Å². The van der Waals surface area contributed by atoms with Gasteiger partial charge in [-0.25, -0.2) is 0 Å². The van der Waals surface area contributed by atoms with Crippen molar-refractivity contribution in [3.63, 3.8) is 0 Å². The molecule has 0 bridgehead atoms. The molecule has 2 rings (SSSR count). The lowest BCUT2D eigenvalue weighted by Gasteiger charge is -2.34. The zero-order valence-electron chi connectivity index (χ0n) is 9.00. The van der Waals surface area contributed by atoms with Crippen LogP contribution in [0.2, 0.25) is 0 Å². The third-order valence-electron chi connectivity index (χ3n) is 3.84. The molecule has 0 amide bonds. The molecule has 2 unspecified atom stereocenters. The third-order valence-corrected chi connectivity index (χ3v) is 5.12. The predicted octanol–water partition coefficient (Wildman–Crippen LogP) is 3.13. The Kier molecular flexibility index (Phi) is 3.53. The number of rotatable bonds is 3. The van der Waals surface area contributed by atoms with Crippen LogP contribution in [-0.4, -0.2) is 17.3 Å². The Morgan fingerprint density at radius 2 is 2.00 bits per heavy atom. The van der Waals surface area contributed by atoms with E-state index in [9.17, 15) is 4.79 Å². The number of thioether (sulfide) groups is 1. The smallest absolute Gasteiger partial charge is 0.140 e. The van der Waals surface area contributed by atoms with Gasteiger partial charge in [0.2, 0.25) is 0 Å². The number of carbonyl (C=O) groups is 1. The maximum atomic E-state index is 12.1. The van der Waals surface area contributed by atoms with Crippen LogP contribution in [0.5, 0.6) is 0 Å². The van der Waals surface area contributed by atoms with Crippen molar-refractivity contribution in [1.29, 1.82) is 0 Å². The highest BCUT2D eigenvalue weighted by Crippen LogP contribution is 2.37. The molecule has 0 spiro atoms. The van der Waals surface area contributed by atoms with Crippen molar-refractivity contribution in [3.05, 3.63) is 0 Å². The minimum atomic E-state index is 0.428.